The molecule has 1 aromatic carbocycles. The number of carbonyl (C=O) groups is 1. The highest BCUT2D eigenvalue weighted by molar-refractivity contribution is 6.33. The zero-order valence-corrected chi connectivity index (χ0v) is 13.4. The lowest BCUT2D eigenvalue weighted by Gasteiger charge is -2.34. The van der Waals surface area contributed by atoms with Gasteiger partial charge in [-0.1, -0.05) is 17.7 Å². The lowest BCUT2D eigenvalue weighted by atomic mass is 9.96. The maximum atomic E-state index is 10.9. The van der Waals surface area contributed by atoms with Gasteiger partial charge in [0.05, 0.1) is 16.8 Å². The van der Waals surface area contributed by atoms with E-state index in [-0.39, 0.29) is 5.91 Å². The van der Waals surface area contributed by atoms with Crippen LogP contribution in [-0.4, -0.2) is 30.6 Å². The maximum Gasteiger partial charge on any atom is 0.216 e. The van der Waals surface area contributed by atoms with Gasteiger partial charge in [0.2, 0.25) is 5.91 Å². The van der Waals surface area contributed by atoms with E-state index in [4.69, 9.17) is 11.6 Å². The number of carbonyl (C=O) groups excluding carboxylic acids is 1. The lowest BCUT2D eigenvalue weighted by Crippen LogP contribution is -2.38. The zero-order valence-electron chi connectivity index (χ0n) is 12.6. The van der Waals surface area contributed by atoms with E-state index in [0.717, 1.165) is 43.7 Å². The summed E-state index contributed by atoms with van der Waals surface area (Å²) in [4.78, 5) is 13.2. The molecule has 2 N–H and O–H groups in total. The van der Waals surface area contributed by atoms with Gasteiger partial charge in [0, 0.05) is 26.6 Å². The van der Waals surface area contributed by atoms with Crippen LogP contribution in [0.3, 0.4) is 0 Å². The average molecular weight is 311 g/mol. The smallest absolute Gasteiger partial charge is 0.216 e. The van der Waals surface area contributed by atoms with Crippen molar-refractivity contribution < 1.29 is 9.90 Å². The number of aliphatic hydroxyl groups excluding tert-OH is 1. The summed E-state index contributed by atoms with van der Waals surface area (Å²) >= 11 is 6.34. The minimum absolute atomic E-state index is 0.0363. The molecular formula is C16H23ClN2O2. The molecule has 5 heteroatoms. The second kappa shape index (κ2) is 7.14. The molecule has 0 bridgehead atoms. The fourth-order valence-corrected chi connectivity index (χ4v) is 3.01. The van der Waals surface area contributed by atoms with Gasteiger partial charge in [0.25, 0.3) is 0 Å². The van der Waals surface area contributed by atoms with Crippen molar-refractivity contribution in [3.8, 4) is 0 Å². The van der Waals surface area contributed by atoms with Crippen LogP contribution < -0.4 is 10.2 Å². The molecule has 1 amide bonds. The van der Waals surface area contributed by atoms with E-state index in [1.54, 1.807) is 13.8 Å². The quantitative estimate of drug-likeness (QED) is 0.899. The van der Waals surface area contributed by atoms with E-state index >= 15 is 0 Å². The SMILES string of the molecule is CC(=O)NCC1CCN(c2ccc(C(C)O)cc2Cl)CC1. The summed E-state index contributed by atoms with van der Waals surface area (Å²) in [5, 5.41) is 13.2. The summed E-state index contributed by atoms with van der Waals surface area (Å²) in [7, 11) is 0. The fourth-order valence-electron chi connectivity index (χ4n) is 2.71. The lowest BCUT2D eigenvalue weighted by molar-refractivity contribution is -0.119. The van der Waals surface area contributed by atoms with Gasteiger partial charge in [-0.15, -0.1) is 0 Å². The molecular weight excluding hydrogens is 288 g/mol. The van der Waals surface area contributed by atoms with Gasteiger partial charge in [-0.05, 0) is 43.4 Å². The zero-order chi connectivity index (χ0) is 15.4. The molecule has 1 aliphatic heterocycles. The first-order valence-corrected chi connectivity index (χ1v) is 7.82. The van der Waals surface area contributed by atoms with Gasteiger partial charge < -0.3 is 15.3 Å². The molecule has 1 fully saturated rings. The first-order chi connectivity index (χ1) is 9.97. The molecule has 1 aromatic rings. The van der Waals surface area contributed by atoms with Gasteiger partial charge in [-0.3, -0.25) is 4.79 Å². The van der Waals surface area contributed by atoms with Gasteiger partial charge in [0.1, 0.15) is 0 Å². The molecule has 0 radical (unpaired) electrons. The van der Waals surface area contributed by atoms with Crippen molar-refractivity contribution >= 4 is 23.2 Å². The predicted octanol–water partition coefficient (Wildman–Crippen LogP) is 2.75. The Kier molecular flexibility index (Phi) is 5.48. The van der Waals surface area contributed by atoms with Crippen molar-refractivity contribution in [2.45, 2.75) is 32.8 Å². The van der Waals surface area contributed by atoms with Crippen LogP contribution in [0.15, 0.2) is 18.2 Å². The number of anilines is 1. The number of amides is 1. The third kappa shape index (κ3) is 4.35. The van der Waals surface area contributed by atoms with Gasteiger partial charge in [-0.25, -0.2) is 0 Å². The number of hydrogen-bond acceptors (Lipinski definition) is 3. The molecule has 4 nitrogen and oxygen atoms in total. The maximum absolute atomic E-state index is 10.9. The van der Waals surface area contributed by atoms with Gasteiger partial charge in [0.15, 0.2) is 0 Å². The summed E-state index contributed by atoms with van der Waals surface area (Å²) in [5.41, 5.74) is 1.86. The Hall–Kier alpha value is -1.26. The van der Waals surface area contributed by atoms with E-state index in [1.165, 1.54) is 0 Å². The Bertz CT molecular complexity index is 497. The molecule has 1 saturated heterocycles. The fraction of sp³-hybridized carbons (Fsp3) is 0.562. The molecule has 116 valence electrons. The molecule has 2 rings (SSSR count). The highest BCUT2D eigenvalue weighted by Crippen LogP contribution is 2.31. The Morgan fingerprint density at radius 1 is 1.48 bits per heavy atom. The third-order valence-electron chi connectivity index (χ3n) is 4.05. The molecule has 1 aliphatic rings. The van der Waals surface area contributed by atoms with Crippen LogP contribution in [0.1, 0.15) is 38.4 Å². The number of halogens is 1. The summed E-state index contributed by atoms with van der Waals surface area (Å²) in [6.45, 7) is 5.94. The number of benzene rings is 1. The normalized spacial score (nSPS) is 17.6. The predicted molar refractivity (Wildman–Crippen MR) is 85.7 cm³/mol. The summed E-state index contributed by atoms with van der Waals surface area (Å²) < 4.78 is 0. The topological polar surface area (TPSA) is 52.6 Å². The molecule has 1 unspecified atom stereocenters. The van der Waals surface area contributed by atoms with Crippen molar-refractivity contribution in [3.63, 3.8) is 0 Å². The first-order valence-electron chi connectivity index (χ1n) is 7.44. The van der Waals surface area contributed by atoms with E-state index in [9.17, 15) is 9.90 Å². The van der Waals surface area contributed by atoms with Crippen molar-refractivity contribution in [3.05, 3.63) is 28.8 Å². The average Bonchev–Trinajstić information content (AvgIpc) is 2.45. The summed E-state index contributed by atoms with van der Waals surface area (Å²) in [6.07, 6.45) is 1.60. The van der Waals surface area contributed by atoms with Crippen molar-refractivity contribution in [2.24, 2.45) is 5.92 Å². The monoisotopic (exact) mass is 310 g/mol. The Morgan fingerprint density at radius 3 is 2.67 bits per heavy atom. The highest BCUT2D eigenvalue weighted by Gasteiger charge is 2.21. The molecule has 1 heterocycles. The summed E-state index contributed by atoms with van der Waals surface area (Å²) in [6, 6.07) is 5.75. The number of piperidine rings is 1. The first kappa shape index (κ1) is 16.1. The number of hydrogen-bond donors (Lipinski definition) is 2. The Morgan fingerprint density at radius 2 is 2.14 bits per heavy atom. The minimum atomic E-state index is -0.500. The second-order valence-electron chi connectivity index (χ2n) is 5.75. The van der Waals surface area contributed by atoms with Crippen LogP contribution >= 0.6 is 11.6 Å². The van der Waals surface area contributed by atoms with Crippen LogP contribution in [0, 0.1) is 5.92 Å². The summed E-state index contributed by atoms with van der Waals surface area (Å²) in [5.74, 6) is 0.579. The van der Waals surface area contributed by atoms with Crippen LogP contribution in [0.25, 0.3) is 0 Å². The minimum Gasteiger partial charge on any atom is -0.389 e. The number of nitrogens with zero attached hydrogens (tertiary/aromatic N) is 1. The van der Waals surface area contributed by atoms with Gasteiger partial charge >= 0.3 is 0 Å². The van der Waals surface area contributed by atoms with Crippen molar-refractivity contribution in [1.82, 2.24) is 5.32 Å². The van der Waals surface area contributed by atoms with Crippen LogP contribution in [0.2, 0.25) is 5.02 Å². The van der Waals surface area contributed by atoms with E-state index in [1.807, 2.05) is 18.2 Å². The van der Waals surface area contributed by atoms with Crippen LogP contribution in [-0.2, 0) is 4.79 Å². The molecule has 0 aliphatic carbocycles. The van der Waals surface area contributed by atoms with Crippen molar-refractivity contribution in [2.75, 3.05) is 24.5 Å². The molecule has 0 saturated carbocycles. The molecule has 0 spiro atoms. The largest absolute Gasteiger partial charge is 0.389 e. The van der Waals surface area contributed by atoms with E-state index in [2.05, 4.69) is 10.2 Å². The Balaban J connectivity index is 1.94. The number of aliphatic hydroxyl groups is 1. The van der Waals surface area contributed by atoms with Gasteiger partial charge in [-0.2, -0.15) is 0 Å². The van der Waals surface area contributed by atoms with E-state index in [0.29, 0.717) is 10.9 Å². The molecule has 21 heavy (non-hydrogen) atoms. The van der Waals surface area contributed by atoms with Crippen molar-refractivity contribution in [1.29, 1.82) is 0 Å². The molecule has 0 aromatic heterocycles. The standard InChI is InChI=1S/C16H23ClN2O2/c1-11(20)14-3-4-16(15(17)9-14)19-7-5-13(6-8-19)10-18-12(2)21/h3-4,9,11,13,20H,5-8,10H2,1-2H3,(H,18,21). The Labute approximate surface area is 131 Å². The number of nitrogens with one attached hydrogen (secondary N) is 1. The molecule has 1 atom stereocenters. The van der Waals surface area contributed by atoms with Crippen LogP contribution in [0.5, 0.6) is 0 Å². The second-order valence-corrected chi connectivity index (χ2v) is 6.16. The van der Waals surface area contributed by atoms with E-state index < -0.39 is 6.10 Å². The third-order valence-corrected chi connectivity index (χ3v) is 4.35. The highest BCUT2D eigenvalue weighted by atomic mass is 35.5. The number of rotatable bonds is 4. The van der Waals surface area contributed by atoms with Crippen LogP contribution in [0.4, 0.5) is 5.69 Å².